The SMILES string of the molecule is CNS(=O)(=O)c1cc(NC(=O)CCCOc2ccccc2C)ccc1C. The minimum Gasteiger partial charge on any atom is -0.493 e. The largest absolute Gasteiger partial charge is 0.493 e. The predicted octanol–water partition coefficient (Wildman–Crippen LogP) is 3.01. The molecule has 0 unspecified atom stereocenters. The maximum Gasteiger partial charge on any atom is 0.240 e. The molecule has 0 aliphatic heterocycles. The van der Waals surface area contributed by atoms with Crippen LogP contribution in [0.4, 0.5) is 5.69 Å². The summed E-state index contributed by atoms with van der Waals surface area (Å²) < 4.78 is 31.9. The monoisotopic (exact) mass is 376 g/mol. The van der Waals surface area contributed by atoms with Gasteiger partial charge in [-0.2, -0.15) is 0 Å². The van der Waals surface area contributed by atoms with Crippen molar-refractivity contribution in [1.29, 1.82) is 0 Å². The van der Waals surface area contributed by atoms with Crippen molar-refractivity contribution in [1.82, 2.24) is 4.72 Å². The zero-order valence-corrected chi connectivity index (χ0v) is 16.0. The van der Waals surface area contributed by atoms with E-state index in [1.165, 1.54) is 13.1 Å². The second kappa shape index (κ2) is 8.82. The molecule has 2 aromatic carbocycles. The van der Waals surface area contributed by atoms with Crippen LogP contribution in [-0.2, 0) is 14.8 Å². The molecule has 6 nitrogen and oxygen atoms in total. The van der Waals surface area contributed by atoms with E-state index in [9.17, 15) is 13.2 Å². The third-order valence-electron chi connectivity index (χ3n) is 3.93. The number of benzene rings is 2. The Morgan fingerprint density at radius 1 is 1.08 bits per heavy atom. The third-order valence-corrected chi connectivity index (χ3v) is 5.49. The second-order valence-corrected chi connectivity index (χ2v) is 7.81. The van der Waals surface area contributed by atoms with Crippen LogP contribution in [0.25, 0.3) is 0 Å². The average Bonchev–Trinajstić information content (AvgIpc) is 2.61. The average molecular weight is 376 g/mol. The Kier molecular flexibility index (Phi) is 6.76. The van der Waals surface area contributed by atoms with Crippen molar-refractivity contribution in [2.45, 2.75) is 31.6 Å². The lowest BCUT2D eigenvalue weighted by Crippen LogP contribution is -2.20. The number of rotatable bonds is 8. The number of hydrogen-bond acceptors (Lipinski definition) is 4. The minimum absolute atomic E-state index is 0.153. The van der Waals surface area contributed by atoms with Gasteiger partial charge in [-0.25, -0.2) is 13.1 Å². The minimum atomic E-state index is -3.56. The van der Waals surface area contributed by atoms with Gasteiger partial charge in [0.25, 0.3) is 0 Å². The van der Waals surface area contributed by atoms with E-state index in [-0.39, 0.29) is 17.2 Å². The number of nitrogens with one attached hydrogen (secondary N) is 2. The van der Waals surface area contributed by atoms with Gasteiger partial charge in [-0.1, -0.05) is 24.3 Å². The molecule has 7 heteroatoms. The maximum absolute atomic E-state index is 12.1. The molecule has 0 bridgehead atoms. The van der Waals surface area contributed by atoms with Crippen molar-refractivity contribution in [2.24, 2.45) is 0 Å². The number of ether oxygens (including phenoxy) is 1. The summed E-state index contributed by atoms with van der Waals surface area (Å²) in [5, 5.41) is 2.73. The molecule has 2 N–H and O–H groups in total. The zero-order valence-electron chi connectivity index (χ0n) is 15.2. The van der Waals surface area contributed by atoms with E-state index < -0.39 is 10.0 Å². The van der Waals surface area contributed by atoms with Gasteiger partial charge in [0.15, 0.2) is 0 Å². The summed E-state index contributed by atoms with van der Waals surface area (Å²) >= 11 is 0. The lowest BCUT2D eigenvalue weighted by Gasteiger charge is -2.11. The van der Waals surface area contributed by atoms with Gasteiger partial charge in [0, 0.05) is 12.1 Å². The molecule has 0 atom stereocenters. The van der Waals surface area contributed by atoms with Crippen LogP contribution in [0.15, 0.2) is 47.4 Å². The number of hydrogen-bond donors (Lipinski definition) is 2. The number of para-hydroxylation sites is 1. The molecule has 0 fully saturated rings. The first kappa shape index (κ1) is 19.9. The lowest BCUT2D eigenvalue weighted by molar-refractivity contribution is -0.116. The summed E-state index contributed by atoms with van der Waals surface area (Å²) in [5.41, 5.74) is 2.12. The lowest BCUT2D eigenvalue weighted by atomic mass is 10.2. The maximum atomic E-state index is 12.1. The van der Waals surface area contributed by atoms with Gasteiger partial charge in [-0.3, -0.25) is 4.79 Å². The van der Waals surface area contributed by atoms with E-state index in [4.69, 9.17) is 4.74 Å². The van der Waals surface area contributed by atoms with Crippen LogP contribution in [0.3, 0.4) is 0 Å². The van der Waals surface area contributed by atoms with Gasteiger partial charge in [0.1, 0.15) is 5.75 Å². The van der Waals surface area contributed by atoms with Gasteiger partial charge in [0.05, 0.1) is 11.5 Å². The summed E-state index contributed by atoms with van der Waals surface area (Å²) in [6, 6.07) is 12.5. The molecule has 140 valence electrons. The molecule has 0 radical (unpaired) electrons. The van der Waals surface area contributed by atoms with E-state index >= 15 is 0 Å². The molecule has 0 aliphatic carbocycles. The third kappa shape index (κ3) is 5.31. The Bertz CT molecular complexity index is 879. The van der Waals surface area contributed by atoms with E-state index in [0.29, 0.717) is 24.3 Å². The quantitative estimate of drug-likeness (QED) is 0.694. The van der Waals surface area contributed by atoms with Gasteiger partial charge < -0.3 is 10.1 Å². The number of carbonyl (C=O) groups excluding carboxylic acids is 1. The van der Waals surface area contributed by atoms with Gasteiger partial charge in [0.2, 0.25) is 15.9 Å². The van der Waals surface area contributed by atoms with Crippen LogP contribution >= 0.6 is 0 Å². The molecule has 1 amide bonds. The number of amides is 1. The Hall–Kier alpha value is -2.38. The first-order chi connectivity index (χ1) is 12.3. The van der Waals surface area contributed by atoms with Gasteiger partial charge in [-0.05, 0) is 56.6 Å². The molecule has 0 spiro atoms. The van der Waals surface area contributed by atoms with Crippen LogP contribution in [0.5, 0.6) is 5.75 Å². The summed E-state index contributed by atoms with van der Waals surface area (Å²) in [4.78, 5) is 12.2. The number of carbonyl (C=O) groups is 1. The molecule has 0 saturated heterocycles. The van der Waals surface area contributed by atoms with Crippen LogP contribution in [0.1, 0.15) is 24.0 Å². The van der Waals surface area contributed by atoms with Gasteiger partial charge in [-0.15, -0.1) is 0 Å². The number of aryl methyl sites for hydroxylation is 2. The van der Waals surface area contributed by atoms with E-state index in [1.807, 2.05) is 31.2 Å². The standard InChI is InChI=1S/C19H24N2O4S/c1-14-7-4-5-8-17(14)25-12-6-9-19(22)21-16-11-10-15(2)18(13-16)26(23,24)20-3/h4-5,7-8,10-11,13,20H,6,9,12H2,1-3H3,(H,21,22). The van der Waals surface area contributed by atoms with Crippen molar-refractivity contribution in [3.8, 4) is 5.75 Å². The molecule has 0 saturated carbocycles. The van der Waals surface area contributed by atoms with Crippen molar-refractivity contribution < 1.29 is 17.9 Å². The highest BCUT2D eigenvalue weighted by molar-refractivity contribution is 7.89. The molecular weight excluding hydrogens is 352 g/mol. The zero-order chi connectivity index (χ0) is 19.2. The van der Waals surface area contributed by atoms with E-state index in [0.717, 1.165) is 11.3 Å². The second-order valence-electron chi connectivity index (χ2n) is 5.95. The Morgan fingerprint density at radius 3 is 2.50 bits per heavy atom. The fraction of sp³-hybridized carbons (Fsp3) is 0.316. The summed E-state index contributed by atoms with van der Waals surface area (Å²) in [6.45, 7) is 4.11. The van der Waals surface area contributed by atoms with Crippen molar-refractivity contribution in [3.63, 3.8) is 0 Å². The predicted molar refractivity (Wildman–Crippen MR) is 102 cm³/mol. The number of anilines is 1. The molecule has 26 heavy (non-hydrogen) atoms. The van der Waals surface area contributed by atoms with Crippen molar-refractivity contribution in [2.75, 3.05) is 19.0 Å². The van der Waals surface area contributed by atoms with Crippen molar-refractivity contribution >= 4 is 21.6 Å². The smallest absolute Gasteiger partial charge is 0.240 e. The molecule has 0 aromatic heterocycles. The first-order valence-corrected chi connectivity index (χ1v) is 9.84. The van der Waals surface area contributed by atoms with Crippen molar-refractivity contribution in [3.05, 3.63) is 53.6 Å². The normalized spacial score (nSPS) is 11.2. The Labute approximate surface area is 154 Å². The Morgan fingerprint density at radius 2 is 1.81 bits per heavy atom. The topological polar surface area (TPSA) is 84.5 Å². The highest BCUT2D eigenvalue weighted by atomic mass is 32.2. The highest BCUT2D eigenvalue weighted by Gasteiger charge is 2.15. The highest BCUT2D eigenvalue weighted by Crippen LogP contribution is 2.20. The molecule has 2 rings (SSSR count). The number of sulfonamides is 1. The summed E-state index contributed by atoms with van der Waals surface area (Å²) in [6.07, 6.45) is 0.849. The van der Waals surface area contributed by atoms with Crippen LogP contribution < -0.4 is 14.8 Å². The van der Waals surface area contributed by atoms with Crippen LogP contribution in [0.2, 0.25) is 0 Å². The summed E-state index contributed by atoms with van der Waals surface area (Å²) in [7, 11) is -2.21. The molecule has 2 aromatic rings. The fourth-order valence-corrected chi connectivity index (χ4v) is 3.43. The van der Waals surface area contributed by atoms with E-state index in [1.54, 1.807) is 19.1 Å². The molecular formula is C19H24N2O4S. The first-order valence-electron chi connectivity index (χ1n) is 8.36. The van der Waals surface area contributed by atoms with Crippen LogP contribution in [-0.4, -0.2) is 28.0 Å². The Balaban J connectivity index is 1.88. The molecule has 0 aliphatic rings. The molecule has 0 heterocycles. The van der Waals surface area contributed by atoms with E-state index in [2.05, 4.69) is 10.0 Å². The summed E-state index contributed by atoms with van der Waals surface area (Å²) in [5.74, 6) is 0.628. The van der Waals surface area contributed by atoms with Gasteiger partial charge >= 0.3 is 0 Å². The van der Waals surface area contributed by atoms with Crippen LogP contribution in [0, 0.1) is 13.8 Å². The fourth-order valence-electron chi connectivity index (χ4n) is 2.43.